The molecule has 0 aliphatic rings. The molecule has 2 nitrogen and oxygen atoms in total. The van der Waals surface area contributed by atoms with Crippen LogP contribution in [0.25, 0.3) is 10.8 Å². The van der Waals surface area contributed by atoms with Crippen molar-refractivity contribution in [3.8, 4) is 5.75 Å². The fraction of sp³-hybridized carbons (Fsp3) is 0.167. The highest BCUT2D eigenvalue weighted by Gasteiger charge is 2.03. The number of fused-ring (bicyclic) bond motifs is 1. The molecule has 0 bridgehead atoms. The van der Waals surface area contributed by atoms with Gasteiger partial charge in [0.1, 0.15) is 5.75 Å². The van der Waals surface area contributed by atoms with E-state index in [9.17, 15) is 0 Å². The van der Waals surface area contributed by atoms with E-state index in [-0.39, 0.29) is 0 Å². The molecule has 0 aliphatic carbocycles. The lowest BCUT2D eigenvalue weighted by atomic mass is 10.1. The molecule has 0 aliphatic heterocycles. The first-order chi connectivity index (χ1) is 7.24. The number of ether oxygens (including phenoxy) is 1. The third kappa shape index (κ3) is 1.98. The van der Waals surface area contributed by atoms with Crippen LogP contribution in [0.4, 0.5) is 0 Å². The fourth-order valence-electron chi connectivity index (χ4n) is 1.58. The van der Waals surface area contributed by atoms with Crippen molar-refractivity contribution in [1.82, 2.24) is 0 Å². The van der Waals surface area contributed by atoms with Crippen molar-refractivity contribution in [3.05, 3.63) is 40.4 Å². The second-order valence-corrected chi connectivity index (χ2v) is 4.22. The van der Waals surface area contributed by atoms with Crippen LogP contribution in [0.15, 0.2) is 34.8 Å². The Bertz CT molecular complexity index is 496. The maximum atomic E-state index is 5.61. The van der Waals surface area contributed by atoms with E-state index in [0.717, 1.165) is 21.2 Å². The molecule has 0 aromatic heterocycles. The molecule has 15 heavy (non-hydrogen) atoms. The molecule has 0 atom stereocenters. The first kappa shape index (κ1) is 10.5. The van der Waals surface area contributed by atoms with E-state index in [1.807, 2.05) is 18.2 Å². The Morgan fingerprint density at radius 3 is 2.73 bits per heavy atom. The van der Waals surface area contributed by atoms with Crippen LogP contribution in [0.1, 0.15) is 5.56 Å². The van der Waals surface area contributed by atoms with E-state index in [4.69, 9.17) is 10.5 Å². The minimum atomic E-state index is 0.564. The van der Waals surface area contributed by atoms with E-state index in [2.05, 4.69) is 28.1 Å². The summed E-state index contributed by atoms with van der Waals surface area (Å²) < 4.78 is 6.24. The number of methoxy groups -OCH3 is 1. The largest absolute Gasteiger partial charge is 0.497 e. The zero-order valence-electron chi connectivity index (χ0n) is 8.46. The van der Waals surface area contributed by atoms with Gasteiger partial charge in [-0.2, -0.15) is 0 Å². The van der Waals surface area contributed by atoms with Gasteiger partial charge in [-0.1, -0.05) is 28.1 Å². The van der Waals surface area contributed by atoms with Gasteiger partial charge in [-0.05, 0) is 34.5 Å². The molecule has 0 saturated carbocycles. The average Bonchev–Trinajstić information content (AvgIpc) is 2.28. The SMILES string of the molecule is COc1cc(Br)c2cc(CN)ccc2c1. The summed E-state index contributed by atoms with van der Waals surface area (Å²) in [6, 6.07) is 10.2. The van der Waals surface area contributed by atoms with Crippen LogP contribution in [0, 0.1) is 0 Å². The molecule has 0 saturated heterocycles. The van der Waals surface area contributed by atoms with Gasteiger partial charge >= 0.3 is 0 Å². The molecule has 0 heterocycles. The highest BCUT2D eigenvalue weighted by atomic mass is 79.9. The summed E-state index contributed by atoms with van der Waals surface area (Å²) in [7, 11) is 1.67. The van der Waals surface area contributed by atoms with Crippen LogP contribution in [0.3, 0.4) is 0 Å². The third-order valence-electron chi connectivity index (χ3n) is 2.41. The molecular formula is C12H12BrNO. The predicted molar refractivity (Wildman–Crippen MR) is 66.1 cm³/mol. The van der Waals surface area contributed by atoms with Crippen molar-refractivity contribution in [2.75, 3.05) is 7.11 Å². The van der Waals surface area contributed by atoms with Gasteiger partial charge in [-0.3, -0.25) is 0 Å². The van der Waals surface area contributed by atoms with E-state index in [0.29, 0.717) is 6.54 Å². The van der Waals surface area contributed by atoms with Gasteiger partial charge < -0.3 is 10.5 Å². The Morgan fingerprint density at radius 1 is 1.27 bits per heavy atom. The normalized spacial score (nSPS) is 10.6. The van der Waals surface area contributed by atoms with Gasteiger partial charge in [0.25, 0.3) is 0 Å². The van der Waals surface area contributed by atoms with Gasteiger partial charge in [0.05, 0.1) is 7.11 Å². The van der Waals surface area contributed by atoms with Gasteiger partial charge in [-0.25, -0.2) is 0 Å². The van der Waals surface area contributed by atoms with Crippen molar-refractivity contribution >= 4 is 26.7 Å². The quantitative estimate of drug-likeness (QED) is 0.906. The number of hydrogen-bond acceptors (Lipinski definition) is 2. The van der Waals surface area contributed by atoms with Crippen LogP contribution in [0.5, 0.6) is 5.75 Å². The zero-order valence-corrected chi connectivity index (χ0v) is 10.0. The second kappa shape index (κ2) is 4.21. The molecule has 0 spiro atoms. The molecule has 2 rings (SSSR count). The van der Waals surface area contributed by atoms with E-state index >= 15 is 0 Å². The Morgan fingerprint density at radius 2 is 2.07 bits per heavy atom. The van der Waals surface area contributed by atoms with Crippen LogP contribution in [0.2, 0.25) is 0 Å². The molecule has 2 aromatic rings. The summed E-state index contributed by atoms with van der Waals surface area (Å²) in [5.74, 6) is 0.856. The first-order valence-electron chi connectivity index (χ1n) is 4.71. The maximum Gasteiger partial charge on any atom is 0.120 e. The van der Waals surface area contributed by atoms with E-state index < -0.39 is 0 Å². The summed E-state index contributed by atoms with van der Waals surface area (Å²) in [6.07, 6.45) is 0. The van der Waals surface area contributed by atoms with Crippen molar-refractivity contribution in [1.29, 1.82) is 0 Å². The Hall–Kier alpha value is -1.06. The Labute approximate surface area is 97.2 Å². The first-order valence-corrected chi connectivity index (χ1v) is 5.50. The molecule has 0 unspecified atom stereocenters. The smallest absolute Gasteiger partial charge is 0.120 e. The van der Waals surface area contributed by atoms with Crippen molar-refractivity contribution in [2.45, 2.75) is 6.54 Å². The number of benzene rings is 2. The molecular weight excluding hydrogens is 254 g/mol. The van der Waals surface area contributed by atoms with Crippen molar-refractivity contribution in [3.63, 3.8) is 0 Å². The summed E-state index contributed by atoms with van der Waals surface area (Å²) >= 11 is 3.53. The zero-order chi connectivity index (χ0) is 10.8. The highest BCUT2D eigenvalue weighted by molar-refractivity contribution is 9.10. The lowest BCUT2D eigenvalue weighted by Crippen LogP contribution is -1.95. The van der Waals surface area contributed by atoms with Crippen molar-refractivity contribution < 1.29 is 4.74 Å². The lowest BCUT2D eigenvalue weighted by Gasteiger charge is -2.06. The van der Waals surface area contributed by atoms with E-state index in [1.54, 1.807) is 7.11 Å². The van der Waals surface area contributed by atoms with E-state index in [1.165, 1.54) is 5.39 Å². The Kier molecular flexibility index (Phi) is 2.93. The van der Waals surface area contributed by atoms with Crippen LogP contribution in [-0.4, -0.2) is 7.11 Å². The number of nitrogens with two attached hydrogens (primary N) is 1. The van der Waals surface area contributed by atoms with Crippen LogP contribution < -0.4 is 10.5 Å². The summed E-state index contributed by atoms with van der Waals surface area (Å²) in [4.78, 5) is 0. The minimum Gasteiger partial charge on any atom is -0.497 e. The fourth-order valence-corrected chi connectivity index (χ4v) is 2.15. The number of halogens is 1. The summed E-state index contributed by atoms with van der Waals surface area (Å²) in [6.45, 7) is 0.564. The molecule has 2 N–H and O–H groups in total. The molecule has 0 amide bonds. The summed E-state index contributed by atoms with van der Waals surface area (Å²) in [5.41, 5.74) is 6.74. The molecule has 3 heteroatoms. The average molecular weight is 266 g/mol. The molecule has 2 aromatic carbocycles. The van der Waals surface area contributed by atoms with Gasteiger partial charge in [0.2, 0.25) is 0 Å². The molecule has 0 radical (unpaired) electrons. The predicted octanol–water partition coefficient (Wildman–Crippen LogP) is 3.07. The highest BCUT2D eigenvalue weighted by Crippen LogP contribution is 2.29. The van der Waals surface area contributed by atoms with Gasteiger partial charge in [0.15, 0.2) is 0 Å². The second-order valence-electron chi connectivity index (χ2n) is 3.37. The Balaban J connectivity index is 2.68. The maximum absolute atomic E-state index is 5.61. The van der Waals surface area contributed by atoms with Crippen molar-refractivity contribution in [2.24, 2.45) is 5.73 Å². The molecule has 0 fully saturated rings. The van der Waals surface area contributed by atoms with Crippen LogP contribution in [-0.2, 0) is 6.54 Å². The lowest BCUT2D eigenvalue weighted by molar-refractivity contribution is 0.415. The topological polar surface area (TPSA) is 35.2 Å². The monoisotopic (exact) mass is 265 g/mol. The third-order valence-corrected chi connectivity index (χ3v) is 3.07. The molecule has 78 valence electrons. The minimum absolute atomic E-state index is 0.564. The van der Waals surface area contributed by atoms with Gasteiger partial charge in [-0.15, -0.1) is 0 Å². The number of rotatable bonds is 2. The summed E-state index contributed by atoms with van der Waals surface area (Å²) in [5, 5.41) is 2.32. The van der Waals surface area contributed by atoms with Crippen LogP contribution >= 0.6 is 15.9 Å². The number of hydrogen-bond donors (Lipinski definition) is 1. The van der Waals surface area contributed by atoms with Gasteiger partial charge in [0, 0.05) is 11.0 Å². The standard InChI is InChI=1S/C12H12BrNO/c1-15-10-5-9-3-2-8(7-14)4-11(9)12(13)6-10/h2-6H,7,14H2,1H3.